The molecule has 3 rings (SSSR count). The lowest BCUT2D eigenvalue weighted by Crippen LogP contribution is -2.54. The van der Waals surface area contributed by atoms with Gasteiger partial charge in [0.2, 0.25) is 0 Å². The van der Waals surface area contributed by atoms with E-state index in [1.165, 1.54) is 50.5 Å². The summed E-state index contributed by atoms with van der Waals surface area (Å²) in [4.78, 5) is 4.10. The number of nitrogens with zero attached hydrogens (tertiary/aromatic N) is 1. The van der Waals surface area contributed by atoms with Crippen LogP contribution in [0.15, 0.2) is 24.5 Å². The Balaban J connectivity index is 1.63. The van der Waals surface area contributed by atoms with Crippen molar-refractivity contribution in [1.29, 1.82) is 0 Å². The van der Waals surface area contributed by atoms with Gasteiger partial charge in [-0.3, -0.25) is 4.98 Å². The van der Waals surface area contributed by atoms with Gasteiger partial charge in [-0.05, 0) is 55.7 Å². The molecule has 2 fully saturated rings. The maximum absolute atomic E-state index is 4.10. The highest BCUT2D eigenvalue weighted by Crippen LogP contribution is 2.52. The third-order valence-electron chi connectivity index (χ3n) is 5.18. The Kier molecular flexibility index (Phi) is 3.38. The van der Waals surface area contributed by atoms with Gasteiger partial charge >= 0.3 is 0 Å². The summed E-state index contributed by atoms with van der Waals surface area (Å²) in [5, 5.41) is 3.87. The molecule has 1 aromatic rings. The average molecular weight is 244 g/mol. The van der Waals surface area contributed by atoms with Gasteiger partial charge in [-0.25, -0.2) is 0 Å². The standard InChI is InChI=1S/C16H24N2/c1-13(14-6-11-17-12-7-14)18-15-5-10-16(15)8-3-2-4-9-16/h6-7,11-13,15,18H,2-5,8-10H2,1H3/t13-,15?/m0/s1. The lowest BCUT2D eigenvalue weighted by molar-refractivity contribution is 0.0174. The zero-order chi connectivity index (χ0) is 12.4. The van der Waals surface area contributed by atoms with Crippen molar-refractivity contribution in [2.75, 3.05) is 0 Å². The molecule has 1 heterocycles. The van der Waals surface area contributed by atoms with Crippen LogP contribution in [0.4, 0.5) is 0 Å². The second kappa shape index (κ2) is 5.00. The number of rotatable bonds is 3. The van der Waals surface area contributed by atoms with Crippen molar-refractivity contribution >= 4 is 0 Å². The van der Waals surface area contributed by atoms with Gasteiger partial charge in [0.1, 0.15) is 0 Å². The monoisotopic (exact) mass is 244 g/mol. The van der Waals surface area contributed by atoms with Crippen LogP contribution in [0, 0.1) is 5.41 Å². The summed E-state index contributed by atoms with van der Waals surface area (Å²) in [5.74, 6) is 0. The highest BCUT2D eigenvalue weighted by atomic mass is 15.0. The number of hydrogen-bond donors (Lipinski definition) is 1. The first-order valence-corrected chi connectivity index (χ1v) is 7.46. The van der Waals surface area contributed by atoms with Crippen LogP contribution in [0.1, 0.15) is 63.5 Å². The minimum atomic E-state index is 0.456. The van der Waals surface area contributed by atoms with E-state index in [1.807, 2.05) is 12.4 Å². The molecule has 0 aromatic carbocycles. The normalized spacial score (nSPS) is 27.7. The molecule has 1 N–H and O–H groups in total. The Morgan fingerprint density at radius 2 is 1.89 bits per heavy atom. The molecule has 2 heteroatoms. The molecule has 98 valence electrons. The van der Waals surface area contributed by atoms with Gasteiger partial charge in [0.15, 0.2) is 0 Å². The predicted molar refractivity (Wildman–Crippen MR) is 74.3 cm³/mol. The summed E-state index contributed by atoms with van der Waals surface area (Å²) >= 11 is 0. The zero-order valence-electron chi connectivity index (χ0n) is 11.4. The van der Waals surface area contributed by atoms with Crippen LogP contribution < -0.4 is 5.32 Å². The molecule has 2 nitrogen and oxygen atoms in total. The van der Waals surface area contributed by atoms with Gasteiger partial charge in [-0.2, -0.15) is 0 Å². The van der Waals surface area contributed by atoms with E-state index < -0.39 is 0 Å². The highest BCUT2D eigenvalue weighted by molar-refractivity contribution is 5.15. The molecule has 0 radical (unpaired) electrons. The van der Waals surface area contributed by atoms with Gasteiger partial charge in [0, 0.05) is 24.5 Å². The molecule has 0 aliphatic heterocycles. The van der Waals surface area contributed by atoms with E-state index in [0.717, 1.165) is 6.04 Å². The van der Waals surface area contributed by atoms with Crippen LogP contribution in [-0.4, -0.2) is 11.0 Å². The number of hydrogen-bond acceptors (Lipinski definition) is 2. The first-order chi connectivity index (χ1) is 8.80. The molecular weight excluding hydrogens is 220 g/mol. The minimum Gasteiger partial charge on any atom is -0.307 e. The fourth-order valence-corrected chi connectivity index (χ4v) is 3.86. The molecule has 1 spiro atoms. The molecular formula is C16H24N2. The van der Waals surface area contributed by atoms with E-state index in [2.05, 4.69) is 29.4 Å². The Hall–Kier alpha value is -0.890. The first-order valence-electron chi connectivity index (χ1n) is 7.46. The van der Waals surface area contributed by atoms with Gasteiger partial charge in [0.25, 0.3) is 0 Å². The third kappa shape index (κ3) is 2.18. The van der Waals surface area contributed by atoms with Crippen LogP contribution in [-0.2, 0) is 0 Å². The lowest BCUT2D eigenvalue weighted by atomic mass is 9.57. The van der Waals surface area contributed by atoms with E-state index >= 15 is 0 Å². The van der Waals surface area contributed by atoms with Gasteiger partial charge in [0.05, 0.1) is 0 Å². The number of pyridine rings is 1. The quantitative estimate of drug-likeness (QED) is 0.873. The van der Waals surface area contributed by atoms with Crippen molar-refractivity contribution in [3.05, 3.63) is 30.1 Å². The fourth-order valence-electron chi connectivity index (χ4n) is 3.86. The average Bonchev–Trinajstić information content (AvgIpc) is 2.45. The van der Waals surface area contributed by atoms with Crippen LogP contribution in [0.5, 0.6) is 0 Å². The van der Waals surface area contributed by atoms with Crippen molar-refractivity contribution in [2.45, 2.75) is 64.0 Å². The maximum Gasteiger partial charge on any atom is 0.0295 e. The molecule has 2 aliphatic carbocycles. The molecule has 18 heavy (non-hydrogen) atoms. The molecule has 2 saturated carbocycles. The summed E-state index contributed by atoms with van der Waals surface area (Å²) in [7, 11) is 0. The zero-order valence-corrected chi connectivity index (χ0v) is 11.4. The van der Waals surface area contributed by atoms with Gasteiger partial charge in [-0.15, -0.1) is 0 Å². The van der Waals surface area contributed by atoms with Crippen molar-refractivity contribution in [3.63, 3.8) is 0 Å². The highest BCUT2D eigenvalue weighted by Gasteiger charge is 2.46. The van der Waals surface area contributed by atoms with Crippen LogP contribution in [0.2, 0.25) is 0 Å². The second-order valence-electron chi connectivity index (χ2n) is 6.18. The Labute approximate surface area is 110 Å². The third-order valence-corrected chi connectivity index (χ3v) is 5.18. The summed E-state index contributed by atoms with van der Waals surface area (Å²) in [5.41, 5.74) is 2.02. The van der Waals surface area contributed by atoms with Crippen LogP contribution in [0.25, 0.3) is 0 Å². The molecule has 2 aliphatic rings. The summed E-state index contributed by atoms with van der Waals surface area (Å²) < 4.78 is 0. The molecule has 0 bridgehead atoms. The number of aromatic nitrogens is 1. The Morgan fingerprint density at radius 1 is 1.17 bits per heavy atom. The predicted octanol–water partition coefficient (Wildman–Crippen LogP) is 3.85. The largest absolute Gasteiger partial charge is 0.307 e. The SMILES string of the molecule is C[C@H](NC1CCC12CCCCC2)c1ccncc1. The first kappa shape index (κ1) is 12.2. The maximum atomic E-state index is 4.10. The van der Waals surface area contributed by atoms with Crippen molar-refractivity contribution < 1.29 is 0 Å². The van der Waals surface area contributed by atoms with Crippen molar-refractivity contribution in [3.8, 4) is 0 Å². The van der Waals surface area contributed by atoms with Crippen LogP contribution >= 0.6 is 0 Å². The molecule has 2 atom stereocenters. The molecule has 0 amide bonds. The van der Waals surface area contributed by atoms with E-state index in [-0.39, 0.29) is 0 Å². The van der Waals surface area contributed by atoms with Crippen molar-refractivity contribution in [1.82, 2.24) is 10.3 Å². The van der Waals surface area contributed by atoms with E-state index in [1.54, 1.807) is 0 Å². The van der Waals surface area contributed by atoms with Gasteiger partial charge in [-0.1, -0.05) is 19.3 Å². The number of nitrogens with one attached hydrogen (secondary N) is 1. The topological polar surface area (TPSA) is 24.9 Å². The fraction of sp³-hybridized carbons (Fsp3) is 0.688. The molecule has 0 saturated heterocycles. The van der Waals surface area contributed by atoms with Crippen molar-refractivity contribution in [2.24, 2.45) is 5.41 Å². The van der Waals surface area contributed by atoms with Gasteiger partial charge < -0.3 is 5.32 Å². The smallest absolute Gasteiger partial charge is 0.0295 e. The van der Waals surface area contributed by atoms with E-state index in [0.29, 0.717) is 11.5 Å². The van der Waals surface area contributed by atoms with Crippen LogP contribution in [0.3, 0.4) is 0 Å². The molecule has 1 unspecified atom stereocenters. The minimum absolute atomic E-state index is 0.456. The van der Waals surface area contributed by atoms with E-state index in [4.69, 9.17) is 0 Å². The molecule has 1 aromatic heterocycles. The van der Waals surface area contributed by atoms with E-state index in [9.17, 15) is 0 Å². The second-order valence-corrected chi connectivity index (χ2v) is 6.18. The lowest BCUT2D eigenvalue weighted by Gasteiger charge is -2.53. The summed E-state index contributed by atoms with van der Waals surface area (Å²) in [6.07, 6.45) is 13.9. The Bertz CT molecular complexity index is 381. The summed E-state index contributed by atoms with van der Waals surface area (Å²) in [6, 6.07) is 5.46. The summed E-state index contributed by atoms with van der Waals surface area (Å²) in [6.45, 7) is 2.28. The Morgan fingerprint density at radius 3 is 2.50 bits per heavy atom.